The molecule has 0 nitrogen and oxygen atoms in total. The van der Waals surface area contributed by atoms with Gasteiger partial charge in [0.05, 0.1) is 0 Å². The van der Waals surface area contributed by atoms with Gasteiger partial charge in [-0.2, -0.15) is 0 Å². The van der Waals surface area contributed by atoms with Crippen LogP contribution >= 0.6 is 0 Å². The molecule has 0 saturated heterocycles. The molecule has 0 saturated carbocycles. The van der Waals surface area contributed by atoms with E-state index >= 15 is 0 Å². The Hall–Kier alpha value is -6.24. The van der Waals surface area contributed by atoms with Crippen LogP contribution in [0.25, 0.3) is 88.0 Å². The van der Waals surface area contributed by atoms with Crippen LogP contribution in [0.15, 0.2) is 170 Å². The zero-order chi connectivity index (χ0) is 36.3. The first kappa shape index (κ1) is 31.3. The molecular weight excluding hydrogens is 649 g/mol. The van der Waals surface area contributed by atoms with Gasteiger partial charge in [0.15, 0.2) is 0 Å². The summed E-state index contributed by atoms with van der Waals surface area (Å²) in [5.41, 5.74) is 18.5. The minimum Gasteiger partial charge on any atom is -0.0619 e. The Kier molecular flexibility index (Phi) is 6.46. The molecule has 0 atom stereocenters. The summed E-state index contributed by atoms with van der Waals surface area (Å²) in [6.07, 6.45) is 0. The molecule has 2 aliphatic rings. The molecule has 0 spiro atoms. The second-order valence-corrected chi connectivity index (χ2v) is 16.4. The lowest BCUT2D eigenvalue weighted by Gasteiger charge is -2.24. The molecule has 11 rings (SSSR count). The Balaban J connectivity index is 1.27. The van der Waals surface area contributed by atoms with E-state index in [2.05, 4.69) is 198 Å². The molecule has 0 aliphatic heterocycles. The first-order valence-corrected chi connectivity index (χ1v) is 19.3. The van der Waals surface area contributed by atoms with E-state index in [-0.39, 0.29) is 10.8 Å². The number of hydrogen-bond donors (Lipinski definition) is 0. The molecule has 9 aromatic rings. The molecule has 54 heavy (non-hydrogen) atoms. The highest BCUT2D eigenvalue weighted by atomic mass is 14.4. The average molecular weight is 689 g/mol. The molecule has 0 fully saturated rings. The maximum atomic E-state index is 2.49. The summed E-state index contributed by atoms with van der Waals surface area (Å²) in [6.45, 7) is 9.53. The second kappa shape index (κ2) is 11.1. The third kappa shape index (κ3) is 4.20. The molecule has 0 heterocycles. The lowest BCUT2D eigenvalue weighted by molar-refractivity contribution is 0.660. The van der Waals surface area contributed by atoms with Crippen molar-refractivity contribution in [3.63, 3.8) is 0 Å². The quantitative estimate of drug-likeness (QED) is 0.162. The van der Waals surface area contributed by atoms with Crippen LogP contribution in [0.2, 0.25) is 0 Å². The Morgan fingerprint density at radius 2 is 0.796 bits per heavy atom. The first-order chi connectivity index (χ1) is 26.3. The molecular formula is C54H40. The largest absolute Gasteiger partial charge is 0.0619 e. The van der Waals surface area contributed by atoms with Crippen molar-refractivity contribution in [2.75, 3.05) is 0 Å². The van der Waals surface area contributed by atoms with Gasteiger partial charge in [0.25, 0.3) is 0 Å². The van der Waals surface area contributed by atoms with Gasteiger partial charge in [0, 0.05) is 10.8 Å². The molecule has 0 N–H and O–H groups in total. The number of rotatable bonds is 3. The first-order valence-electron chi connectivity index (χ1n) is 19.3. The summed E-state index contributed by atoms with van der Waals surface area (Å²) >= 11 is 0. The highest BCUT2D eigenvalue weighted by molar-refractivity contribution is 6.23. The molecule has 0 aromatic heterocycles. The minimum atomic E-state index is -0.0869. The van der Waals surface area contributed by atoms with E-state index in [0.717, 1.165) is 0 Å². The molecule has 9 aromatic carbocycles. The fourth-order valence-electron chi connectivity index (χ4n) is 10.2. The van der Waals surface area contributed by atoms with E-state index < -0.39 is 0 Å². The van der Waals surface area contributed by atoms with Crippen molar-refractivity contribution in [3.8, 4) is 55.6 Å². The van der Waals surface area contributed by atoms with Gasteiger partial charge in [-0.1, -0.05) is 185 Å². The Labute approximate surface area is 317 Å². The van der Waals surface area contributed by atoms with Gasteiger partial charge >= 0.3 is 0 Å². The fraction of sp³-hybridized carbons (Fsp3) is 0.111. The van der Waals surface area contributed by atoms with Crippen LogP contribution in [0.1, 0.15) is 49.9 Å². The van der Waals surface area contributed by atoms with Crippen LogP contribution in [0.3, 0.4) is 0 Å². The summed E-state index contributed by atoms with van der Waals surface area (Å²) in [7, 11) is 0. The van der Waals surface area contributed by atoms with Gasteiger partial charge in [-0.25, -0.2) is 0 Å². The zero-order valence-electron chi connectivity index (χ0n) is 31.2. The topological polar surface area (TPSA) is 0 Å². The lowest BCUT2D eigenvalue weighted by atomic mass is 9.79. The smallest absolute Gasteiger partial charge is 0.0159 e. The lowest BCUT2D eigenvalue weighted by Crippen LogP contribution is -2.14. The predicted molar refractivity (Wildman–Crippen MR) is 230 cm³/mol. The number of benzene rings is 9. The number of fused-ring (bicyclic) bond motifs is 9. The molecule has 0 bridgehead atoms. The zero-order valence-corrected chi connectivity index (χ0v) is 31.2. The van der Waals surface area contributed by atoms with Crippen molar-refractivity contribution >= 4 is 32.3 Å². The Bertz CT molecular complexity index is 3040. The van der Waals surface area contributed by atoms with E-state index in [9.17, 15) is 0 Å². The molecule has 256 valence electrons. The van der Waals surface area contributed by atoms with Crippen LogP contribution < -0.4 is 0 Å². The van der Waals surface area contributed by atoms with Crippen molar-refractivity contribution in [1.82, 2.24) is 0 Å². The van der Waals surface area contributed by atoms with Crippen molar-refractivity contribution in [1.29, 1.82) is 0 Å². The summed E-state index contributed by atoms with van der Waals surface area (Å²) < 4.78 is 0. The predicted octanol–water partition coefficient (Wildman–Crippen LogP) is 14.8. The third-order valence-corrected chi connectivity index (χ3v) is 12.9. The van der Waals surface area contributed by atoms with Gasteiger partial charge < -0.3 is 0 Å². The van der Waals surface area contributed by atoms with Gasteiger partial charge in [0.1, 0.15) is 0 Å². The van der Waals surface area contributed by atoms with E-state index in [0.29, 0.717) is 0 Å². The Morgan fingerprint density at radius 1 is 0.278 bits per heavy atom. The van der Waals surface area contributed by atoms with E-state index in [4.69, 9.17) is 0 Å². The van der Waals surface area contributed by atoms with Crippen molar-refractivity contribution in [3.05, 3.63) is 192 Å². The molecule has 2 aliphatic carbocycles. The van der Waals surface area contributed by atoms with Gasteiger partial charge in [-0.05, 0) is 122 Å². The van der Waals surface area contributed by atoms with Gasteiger partial charge in [-0.3, -0.25) is 0 Å². The molecule has 0 unspecified atom stereocenters. The summed E-state index contributed by atoms with van der Waals surface area (Å²) in [4.78, 5) is 0. The van der Waals surface area contributed by atoms with Gasteiger partial charge in [0.2, 0.25) is 0 Å². The average Bonchev–Trinajstić information content (AvgIpc) is 3.59. The van der Waals surface area contributed by atoms with Crippen LogP contribution in [0, 0.1) is 0 Å². The van der Waals surface area contributed by atoms with Crippen LogP contribution in [0.4, 0.5) is 0 Å². The molecule has 0 radical (unpaired) electrons. The maximum absolute atomic E-state index is 2.49. The standard InChI is InChI=1S/C54H40/c1-53(2)47-25-12-10-21-43(47)52-44(23-14-26-48(52)53)51-41-20-8-7-19-40(41)50(35-28-29-39-38-18-9-11-24-46(38)54(3,4)49(39)32-35)42-30-27-34(31-45(42)51)37-22-13-16-33-15-5-6-17-36(33)37/h5-32H,1-4H3. The van der Waals surface area contributed by atoms with Crippen molar-refractivity contribution < 1.29 is 0 Å². The third-order valence-electron chi connectivity index (χ3n) is 12.9. The van der Waals surface area contributed by atoms with Crippen molar-refractivity contribution in [2.45, 2.75) is 38.5 Å². The minimum absolute atomic E-state index is 0.0835. The fourth-order valence-corrected chi connectivity index (χ4v) is 10.2. The monoisotopic (exact) mass is 688 g/mol. The SMILES string of the molecule is CC1(C)c2ccccc2-c2ccc(-c3c4ccccc4c(-c4cccc5c4-c4ccccc4C5(C)C)c4cc(-c5cccc6ccccc56)ccc34)cc21. The van der Waals surface area contributed by atoms with E-state index in [1.165, 1.54) is 110 Å². The highest BCUT2D eigenvalue weighted by Gasteiger charge is 2.38. The summed E-state index contributed by atoms with van der Waals surface area (Å²) in [5.74, 6) is 0. The molecule has 0 heteroatoms. The van der Waals surface area contributed by atoms with Crippen molar-refractivity contribution in [2.24, 2.45) is 0 Å². The Morgan fingerprint density at radius 3 is 1.61 bits per heavy atom. The van der Waals surface area contributed by atoms with E-state index in [1.54, 1.807) is 0 Å². The van der Waals surface area contributed by atoms with Crippen LogP contribution in [0.5, 0.6) is 0 Å². The highest BCUT2D eigenvalue weighted by Crippen LogP contribution is 2.56. The van der Waals surface area contributed by atoms with Crippen LogP contribution in [-0.4, -0.2) is 0 Å². The summed E-state index contributed by atoms with van der Waals surface area (Å²) in [6, 6.07) is 64.1. The van der Waals surface area contributed by atoms with E-state index in [1.807, 2.05) is 0 Å². The molecule has 0 amide bonds. The van der Waals surface area contributed by atoms with Crippen LogP contribution in [-0.2, 0) is 10.8 Å². The maximum Gasteiger partial charge on any atom is 0.0159 e. The second-order valence-electron chi connectivity index (χ2n) is 16.4. The van der Waals surface area contributed by atoms with Gasteiger partial charge in [-0.15, -0.1) is 0 Å². The summed E-state index contributed by atoms with van der Waals surface area (Å²) in [5, 5.41) is 7.68. The normalized spacial score (nSPS) is 14.6. The number of hydrogen-bond acceptors (Lipinski definition) is 0.